The normalized spacial score (nSPS) is 13.0. The molecule has 2 aromatic rings. The number of aromatic hydroxyl groups is 1. The highest BCUT2D eigenvalue weighted by Crippen LogP contribution is 2.21. The molecule has 0 aliphatic carbocycles. The molecule has 5 heteroatoms. The van der Waals surface area contributed by atoms with E-state index in [1.54, 1.807) is 24.4 Å². The Balaban J connectivity index is 1.85. The molecule has 124 valence electrons. The molecule has 23 heavy (non-hydrogen) atoms. The average molecular weight is 315 g/mol. The van der Waals surface area contributed by atoms with Crippen LogP contribution in [0.2, 0.25) is 0 Å². The van der Waals surface area contributed by atoms with Crippen LogP contribution in [0.15, 0.2) is 42.6 Å². The van der Waals surface area contributed by atoms with Crippen molar-refractivity contribution in [1.82, 2.24) is 10.3 Å². The van der Waals surface area contributed by atoms with Gasteiger partial charge in [-0.05, 0) is 44.4 Å². The van der Waals surface area contributed by atoms with Crippen molar-refractivity contribution in [2.24, 2.45) is 0 Å². The Morgan fingerprint density at radius 1 is 1.22 bits per heavy atom. The Labute approximate surface area is 137 Å². The Morgan fingerprint density at radius 2 is 1.96 bits per heavy atom. The molecule has 0 saturated carbocycles. The van der Waals surface area contributed by atoms with Gasteiger partial charge in [0.05, 0.1) is 6.10 Å². The number of phenols is 1. The van der Waals surface area contributed by atoms with Crippen molar-refractivity contribution in [1.29, 1.82) is 0 Å². The molecule has 1 aromatic carbocycles. The number of anilines is 1. The van der Waals surface area contributed by atoms with Crippen LogP contribution >= 0.6 is 0 Å². The van der Waals surface area contributed by atoms with Gasteiger partial charge in [-0.2, -0.15) is 0 Å². The smallest absolute Gasteiger partial charge is 0.123 e. The van der Waals surface area contributed by atoms with Crippen LogP contribution in [-0.2, 0) is 6.42 Å². The number of para-hydroxylation sites is 1. The number of hydrogen-bond donors (Lipinski definition) is 4. The molecule has 1 unspecified atom stereocenters. The van der Waals surface area contributed by atoms with Crippen molar-refractivity contribution in [3.8, 4) is 5.75 Å². The summed E-state index contributed by atoms with van der Waals surface area (Å²) in [5.41, 5.74) is 7.06. The summed E-state index contributed by atoms with van der Waals surface area (Å²) in [5, 5.41) is 23.4. The predicted octanol–water partition coefficient (Wildman–Crippen LogP) is 2.40. The minimum Gasteiger partial charge on any atom is -0.508 e. The third kappa shape index (κ3) is 5.23. The molecule has 1 aromatic heterocycles. The molecule has 0 amide bonds. The van der Waals surface area contributed by atoms with Gasteiger partial charge in [-0.15, -0.1) is 0 Å². The lowest BCUT2D eigenvalue weighted by molar-refractivity contribution is 0.159. The zero-order valence-corrected chi connectivity index (χ0v) is 13.7. The summed E-state index contributed by atoms with van der Waals surface area (Å²) in [6, 6.07) is 10.8. The van der Waals surface area contributed by atoms with Gasteiger partial charge in [0.1, 0.15) is 11.6 Å². The molecule has 1 heterocycles. The molecule has 5 N–H and O–H groups in total. The van der Waals surface area contributed by atoms with Crippen LogP contribution in [0, 0.1) is 0 Å². The second-order valence-corrected chi connectivity index (χ2v) is 6.43. The molecular formula is C18H25N3O2. The van der Waals surface area contributed by atoms with Crippen molar-refractivity contribution in [2.75, 3.05) is 12.3 Å². The van der Waals surface area contributed by atoms with Gasteiger partial charge in [0, 0.05) is 23.8 Å². The minimum absolute atomic E-state index is 0.162. The fourth-order valence-corrected chi connectivity index (χ4v) is 2.36. The van der Waals surface area contributed by atoms with Gasteiger partial charge in [-0.1, -0.05) is 24.3 Å². The van der Waals surface area contributed by atoms with Gasteiger partial charge < -0.3 is 21.3 Å². The molecule has 0 aliphatic heterocycles. The number of aliphatic hydroxyl groups excluding tert-OH is 1. The molecule has 5 nitrogen and oxygen atoms in total. The van der Waals surface area contributed by atoms with E-state index < -0.39 is 6.10 Å². The monoisotopic (exact) mass is 315 g/mol. The maximum atomic E-state index is 10.2. The van der Waals surface area contributed by atoms with E-state index >= 15 is 0 Å². The van der Waals surface area contributed by atoms with E-state index in [0.29, 0.717) is 18.1 Å². The first-order valence-electron chi connectivity index (χ1n) is 7.79. The summed E-state index contributed by atoms with van der Waals surface area (Å²) >= 11 is 0. The number of pyridine rings is 1. The third-order valence-electron chi connectivity index (χ3n) is 3.98. The number of benzene rings is 1. The average Bonchev–Trinajstić information content (AvgIpc) is 2.53. The van der Waals surface area contributed by atoms with Crippen molar-refractivity contribution < 1.29 is 10.2 Å². The van der Waals surface area contributed by atoms with Gasteiger partial charge >= 0.3 is 0 Å². The van der Waals surface area contributed by atoms with Crippen molar-refractivity contribution in [2.45, 2.75) is 38.3 Å². The second kappa shape index (κ2) is 7.44. The zero-order chi connectivity index (χ0) is 16.9. The summed E-state index contributed by atoms with van der Waals surface area (Å²) < 4.78 is 0. The van der Waals surface area contributed by atoms with Crippen LogP contribution in [0.4, 0.5) is 5.82 Å². The van der Waals surface area contributed by atoms with Crippen LogP contribution in [-0.4, -0.2) is 27.3 Å². The predicted molar refractivity (Wildman–Crippen MR) is 92.1 cm³/mol. The van der Waals surface area contributed by atoms with Crippen LogP contribution in [0.5, 0.6) is 5.75 Å². The number of nitrogens with one attached hydrogen (secondary N) is 1. The standard InChI is InChI=1S/C18H25N3O2/c1-18(2,10-9-13-5-3-4-6-15(13)22)21-12-16(23)14-7-8-17(19)20-11-14/h3-8,11,16,21-23H,9-10,12H2,1-2H3,(H2,19,20). The quantitative estimate of drug-likeness (QED) is 0.630. The lowest BCUT2D eigenvalue weighted by atomic mass is 9.94. The zero-order valence-electron chi connectivity index (χ0n) is 13.7. The summed E-state index contributed by atoms with van der Waals surface area (Å²) in [6.07, 6.45) is 2.58. The number of aryl methyl sites for hydroxylation is 1. The second-order valence-electron chi connectivity index (χ2n) is 6.43. The number of aliphatic hydroxyl groups is 1. The number of phenolic OH excluding ortho intramolecular Hbond substituents is 1. The summed E-state index contributed by atoms with van der Waals surface area (Å²) in [4.78, 5) is 3.99. The van der Waals surface area contributed by atoms with Crippen LogP contribution in [0.25, 0.3) is 0 Å². The molecule has 0 radical (unpaired) electrons. The topological polar surface area (TPSA) is 91.4 Å². The highest BCUT2D eigenvalue weighted by Gasteiger charge is 2.19. The Morgan fingerprint density at radius 3 is 2.61 bits per heavy atom. The van der Waals surface area contributed by atoms with Crippen LogP contribution in [0.3, 0.4) is 0 Å². The molecule has 1 atom stereocenters. The van der Waals surface area contributed by atoms with Gasteiger partial charge in [-0.25, -0.2) is 4.98 Å². The first-order chi connectivity index (χ1) is 10.9. The number of rotatable bonds is 7. The number of nitrogens with zero attached hydrogens (tertiary/aromatic N) is 1. The van der Waals surface area contributed by atoms with E-state index in [4.69, 9.17) is 5.73 Å². The SMILES string of the molecule is CC(C)(CCc1ccccc1O)NCC(O)c1ccc(N)nc1. The number of β-amino-alcohol motifs (C(OH)–C–C–N with tert-alkyl or cyclic N) is 1. The largest absolute Gasteiger partial charge is 0.508 e. The molecule has 0 aliphatic rings. The van der Waals surface area contributed by atoms with Gasteiger partial charge in [0.2, 0.25) is 0 Å². The molecule has 0 saturated heterocycles. The van der Waals surface area contributed by atoms with Crippen molar-refractivity contribution in [3.05, 3.63) is 53.7 Å². The van der Waals surface area contributed by atoms with Crippen LogP contribution < -0.4 is 11.1 Å². The van der Waals surface area contributed by atoms with Gasteiger partial charge in [0.25, 0.3) is 0 Å². The first kappa shape index (κ1) is 17.2. The summed E-state index contributed by atoms with van der Waals surface area (Å²) in [7, 11) is 0. The van der Waals surface area contributed by atoms with Gasteiger partial charge in [-0.3, -0.25) is 0 Å². The van der Waals surface area contributed by atoms with E-state index in [0.717, 1.165) is 24.0 Å². The maximum absolute atomic E-state index is 10.2. The highest BCUT2D eigenvalue weighted by molar-refractivity contribution is 5.32. The Hall–Kier alpha value is -2.11. The lowest BCUT2D eigenvalue weighted by Crippen LogP contribution is -2.42. The van der Waals surface area contributed by atoms with E-state index in [9.17, 15) is 10.2 Å². The molecular weight excluding hydrogens is 290 g/mol. The number of nitrogen functional groups attached to an aromatic ring is 1. The van der Waals surface area contributed by atoms with Crippen LogP contribution in [0.1, 0.15) is 37.5 Å². The van der Waals surface area contributed by atoms with E-state index in [1.807, 2.05) is 18.2 Å². The first-order valence-corrected chi connectivity index (χ1v) is 7.79. The van der Waals surface area contributed by atoms with E-state index in [1.165, 1.54) is 0 Å². The fourth-order valence-electron chi connectivity index (χ4n) is 2.36. The lowest BCUT2D eigenvalue weighted by Gasteiger charge is -2.28. The van der Waals surface area contributed by atoms with Crippen molar-refractivity contribution >= 4 is 5.82 Å². The summed E-state index contributed by atoms with van der Waals surface area (Å²) in [5.74, 6) is 0.771. The third-order valence-corrected chi connectivity index (χ3v) is 3.98. The van der Waals surface area contributed by atoms with Gasteiger partial charge in [0.15, 0.2) is 0 Å². The molecule has 2 rings (SSSR count). The van der Waals surface area contributed by atoms with E-state index in [-0.39, 0.29) is 5.54 Å². The molecule has 0 fully saturated rings. The van der Waals surface area contributed by atoms with Crippen molar-refractivity contribution in [3.63, 3.8) is 0 Å². The number of aromatic nitrogens is 1. The Bertz CT molecular complexity index is 626. The number of nitrogens with two attached hydrogens (primary N) is 1. The summed E-state index contributed by atoms with van der Waals surface area (Å²) in [6.45, 7) is 4.60. The maximum Gasteiger partial charge on any atom is 0.123 e. The Kier molecular flexibility index (Phi) is 5.58. The molecule has 0 bridgehead atoms. The fraction of sp³-hybridized carbons (Fsp3) is 0.389. The highest BCUT2D eigenvalue weighted by atomic mass is 16.3. The molecule has 0 spiro atoms. The number of hydrogen-bond acceptors (Lipinski definition) is 5. The minimum atomic E-state index is -0.632. The van der Waals surface area contributed by atoms with E-state index in [2.05, 4.69) is 24.1 Å².